The van der Waals surface area contributed by atoms with E-state index in [0.29, 0.717) is 18.7 Å². The number of nitrogens with zero attached hydrogens (tertiary/aromatic N) is 3. The number of carbonyl (C=O) groups is 1. The quantitative estimate of drug-likeness (QED) is 0.570. The molecule has 3 rings (SSSR count). The Labute approximate surface area is 161 Å². The van der Waals surface area contributed by atoms with Gasteiger partial charge in [0.2, 0.25) is 10.0 Å². The monoisotopic (exact) mass is 409 g/mol. The zero-order valence-corrected chi connectivity index (χ0v) is 16.1. The fraction of sp³-hybridized carbons (Fsp3) is 0.235. The number of nitro groups is 1. The summed E-state index contributed by atoms with van der Waals surface area (Å²) in [5, 5.41) is 11.0. The standard InChI is InChI=1S/C17H16ClN3O5S/c1-19(2)27(25,26)16-9-12(4-6-14(16)18)17(22)20-8-7-11-3-5-13(21(23)24)10-15(11)20/h3-6,9-10H,7-8H2,1-2H3. The van der Waals surface area contributed by atoms with Crippen LogP contribution >= 0.6 is 11.6 Å². The van der Waals surface area contributed by atoms with E-state index < -0.39 is 20.9 Å². The summed E-state index contributed by atoms with van der Waals surface area (Å²) < 4.78 is 25.8. The van der Waals surface area contributed by atoms with Gasteiger partial charge in [-0.25, -0.2) is 12.7 Å². The molecular weight excluding hydrogens is 394 g/mol. The predicted octanol–water partition coefficient (Wildman–Crippen LogP) is 2.70. The Balaban J connectivity index is 2.02. The van der Waals surface area contributed by atoms with Gasteiger partial charge in [-0.15, -0.1) is 0 Å². The van der Waals surface area contributed by atoms with Crippen molar-refractivity contribution < 1.29 is 18.1 Å². The smallest absolute Gasteiger partial charge is 0.271 e. The molecule has 1 amide bonds. The van der Waals surface area contributed by atoms with E-state index in [9.17, 15) is 23.3 Å². The molecule has 27 heavy (non-hydrogen) atoms. The van der Waals surface area contributed by atoms with Gasteiger partial charge in [0.15, 0.2) is 0 Å². The van der Waals surface area contributed by atoms with Crippen molar-refractivity contribution in [1.82, 2.24) is 4.31 Å². The normalized spacial score (nSPS) is 13.7. The van der Waals surface area contributed by atoms with Crippen LogP contribution in [-0.4, -0.2) is 44.2 Å². The zero-order chi connectivity index (χ0) is 19.9. The molecule has 1 aliphatic rings. The van der Waals surface area contributed by atoms with Crippen molar-refractivity contribution >= 4 is 38.9 Å². The Morgan fingerprint density at radius 2 is 1.93 bits per heavy atom. The number of rotatable bonds is 4. The Morgan fingerprint density at radius 3 is 2.56 bits per heavy atom. The van der Waals surface area contributed by atoms with Crippen LogP contribution in [0.3, 0.4) is 0 Å². The van der Waals surface area contributed by atoms with Crippen molar-refractivity contribution in [3.8, 4) is 0 Å². The third kappa shape index (κ3) is 3.41. The van der Waals surface area contributed by atoms with E-state index in [1.165, 1.54) is 49.3 Å². The van der Waals surface area contributed by atoms with E-state index in [-0.39, 0.29) is 21.2 Å². The lowest BCUT2D eigenvalue weighted by atomic mass is 10.1. The Kier molecular flexibility index (Phi) is 4.94. The van der Waals surface area contributed by atoms with Crippen LogP contribution in [0.15, 0.2) is 41.3 Å². The summed E-state index contributed by atoms with van der Waals surface area (Å²) in [7, 11) is -1.08. The fourth-order valence-corrected chi connectivity index (χ4v) is 4.27. The van der Waals surface area contributed by atoms with Gasteiger partial charge in [0.05, 0.1) is 15.6 Å². The van der Waals surface area contributed by atoms with E-state index in [1.807, 2.05) is 0 Å². The third-order valence-corrected chi connectivity index (χ3v) is 6.65. The first kappa shape index (κ1) is 19.3. The number of sulfonamides is 1. The molecule has 10 heteroatoms. The number of carbonyl (C=O) groups excluding carboxylic acids is 1. The fourth-order valence-electron chi connectivity index (χ4n) is 2.88. The van der Waals surface area contributed by atoms with Gasteiger partial charge in [-0.1, -0.05) is 17.7 Å². The number of halogens is 1. The Hall–Kier alpha value is -2.49. The molecule has 0 saturated carbocycles. The largest absolute Gasteiger partial charge is 0.307 e. The van der Waals surface area contributed by atoms with E-state index in [1.54, 1.807) is 6.07 Å². The number of hydrogen-bond donors (Lipinski definition) is 0. The number of non-ortho nitro benzene ring substituents is 1. The van der Waals surface area contributed by atoms with Crippen molar-refractivity contribution in [1.29, 1.82) is 0 Å². The molecule has 0 fully saturated rings. The number of benzene rings is 2. The second-order valence-corrected chi connectivity index (χ2v) is 8.74. The highest BCUT2D eigenvalue weighted by Crippen LogP contribution is 2.33. The van der Waals surface area contributed by atoms with E-state index in [2.05, 4.69) is 0 Å². The van der Waals surface area contributed by atoms with Gasteiger partial charge in [0.1, 0.15) is 4.90 Å². The highest BCUT2D eigenvalue weighted by atomic mass is 35.5. The maximum Gasteiger partial charge on any atom is 0.271 e. The lowest BCUT2D eigenvalue weighted by Crippen LogP contribution is -2.29. The van der Waals surface area contributed by atoms with Gasteiger partial charge in [0.25, 0.3) is 11.6 Å². The van der Waals surface area contributed by atoms with Crippen LogP contribution < -0.4 is 4.90 Å². The van der Waals surface area contributed by atoms with E-state index in [0.717, 1.165) is 9.87 Å². The molecule has 142 valence electrons. The predicted molar refractivity (Wildman–Crippen MR) is 101 cm³/mol. The van der Waals surface area contributed by atoms with Crippen LogP contribution in [-0.2, 0) is 16.4 Å². The molecule has 0 aliphatic carbocycles. The number of hydrogen-bond acceptors (Lipinski definition) is 5. The highest BCUT2D eigenvalue weighted by molar-refractivity contribution is 7.89. The third-order valence-electron chi connectivity index (χ3n) is 4.36. The minimum atomic E-state index is -3.82. The van der Waals surface area contributed by atoms with Crippen LogP contribution in [0.1, 0.15) is 15.9 Å². The summed E-state index contributed by atoms with van der Waals surface area (Å²) in [4.78, 5) is 24.7. The molecule has 2 aromatic rings. The van der Waals surface area contributed by atoms with Gasteiger partial charge in [-0.2, -0.15) is 0 Å². The van der Waals surface area contributed by atoms with E-state index in [4.69, 9.17) is 11.6 Å². The molecule has 0 saturated heterocycles. The topological polar surface area (TPSA) is 101 Å². The van der Waals surface area contributed by atoms with Gasteiger partial charge in [0, 0.05) is 38.3 Å². The van der Waals surface area contributed by atoms with Crippen LogP contribution in [0.2, 0.25) is 5.02 Å². The van der Waals surface area contributed by atoms with Crippen molar-refractivity contribution in [2.24, 2.45) is 0 Å². The number of nitro benzene ring substituents is 1. The van der Waals surface area contributed by atoms with Gasteiger partial charge >= 0.3 is 0 Å². The number of anilines is 1. The van der Waals surface area contributed by atoms with Crippen LogP contribution in [0.4, 0.5) is 11.4 Å². The second kappa shape index (κ2) is 6.91. The first-order valence-electron chi connectivity index (χ1n) is 7.94. The molecule has 2 aromatic carbocycles. The highest BCUT2D eigenvalue weighted by Gasteiger charge is 2.29. The van der Waals surface area contributed by atoms with Crippen LogP contribution in [0, 0.1) is 10.1 Å². The van der Waals surface area contributed by atoms with Crippen molar-refractivity contribution in [2.45, 2.75) is 11.3 Å². The first-order chi connectivity index (χ1) is 12.6. The molecule has 0 spiro atoms. The molecule has 0 aromatic heterocycles. The summed E-state index contributed by atoms with van der Waals surface area (Å²) in [6.07, 6.45) is 0.565. The first-order valence-corrected chi connectivity index (χ1v) is 9.76. The Morgan fingerprint density at radius 1 is 1.22 bits per heavy atom. The average Bonchev–Trinajstić information content (AvgIpc) is 3.04. The second-order valence-electron chi connectivity index (χ2n) is 6.21. The summed E-state index contributed by atoms with van der Waals surface area (Å²) in [6, 6.07) is 8.41. The summed E-state index contributed by atoms with van der Waals surface area (Å²) in [5.41, 5.74) is 1.31. The lowest BCUT2D eigenvalue weighted by molar-refractivity contribution is -0.384. The van der Waals surface area contributed by atoms with Crippen molar-refractivity contribution in [3.63, 3.8) is 0 Å². The van der Waals surface area contributed by atoms with E-state index >= 15 is 0 Å². The SMILES string of the molecule is CN(C)S(=O)(=O)c1cc(C(=O)N2CCc3ccc([N+](=O)[O-])cc32)ccc1Cl. The molecule has 0 atom stereocenters. The molecule has 0 bridgehead atoms. The molecular formula is C17H16ClN3O5S. The molecule has 0 unspecified atom stereocenters. The number of amides is 1. The average molecular weight is 410 g/mol. The summed E-state index contributed by atoms with van der Waals surface area (Å²) in [6.45, 7) is 0.355. The lowest BCUT2D eigenvalue weighted by Gasteiger charge is -2.19. The van der Waals surface area contributed by atoms with Crippen LogP contribution in [0.5, 0.6) is 0 Å². The Bertz CT molecular complexity index is 1050. The maximum atomic E-state index is 13.0. The molecule has 8 nitrogen and oxygen atoms in total. The zero-order valence-electron chi connectivity index (χ0n) is 14.5. The van der Waals surface area contributed by atoms with Gasteiger partial charge < -0.3 is 4.90 Å². The van der Waals surface area contributed by atoms with Gasteiger partial charge in [-0.3, -0.25) is 14.9 Å². The summed E-state index contributed by atoms with van der Waals surface area (Å²) in [5.74, 6) is -0.443. The minimum Gasteiger partial charge on any atom is -0.307 e. The van der Waals surface area contributed by atoms with Gasteiger partial charge in [-0.05, 0) is 30.2 Å². The van der Waals surface area contributed by atoms with Crippen molar-refractivity contribution in [3.05, 3.63) is 62.7 Å². The summed E-state index contributed by atoms with van der Waals surface area (Å²) >= 11 is 6.02. The molecule has 1 aliphatic heterocycles. The number of fused-ring (bicyclic) bond motifs is 1. The van der Waals surface area contributed by atoms with Crippen molar-refractivity contribution in [2.75, 3.05) is 25.5 Å². The molecule has 0 radical (unpaired) electrons. The molecule has 0 N–H and O–H groups in total. The van der Waals surface area contributed by atoms with Crippen LogP contribution in [0.25, 0.3) is 0 Å². The minimum absolute atomic E-state index is 0.0118. The molecule has 1 heterocycles. The maximum absolute atomic E-state index is 13.0.